The molecule has 0 unspecified atom stereocenters. The zero-order valence-electron chi connectivity index (χ0n) is 11.6. The van der Waals surface area contributed by atoms with E-state index >= 15 is 0 Å². The Hall–Kier alpha value is -1.52. The Morgan fingerprint density at radius 1 is 1.40 bits per heavy atom. The predicted molar refractivity (Wildman–Crippen MR) is 74.6 cm³/mol. The van der Waals surface area contributed by atoms with Crippen molar-refractivity contribution in [2.45, 2.75) is 32.4 Å². The lowest BCUT2D eigenvalue weighted by Gasteiger charge is -2.13. The fourth-order valence-corrected chi connectivity index (χ4v) is 2.61. The number of alkyl halides is 3. The van der Waals surface area contributed by atoms with Gasteiger partial charge in [-0.15, -0.1) is 0 Å². The van der Waals surface area contributed by atoms with Gasteiger partial charge >= 0.3 is 6.18 Å². The molecule has 2 nitrogen and oxygen atoms in total. The smallest absolute Gasteiger partial charge is 0.376 e. The molecule has 2 N–H and O–H groups in total. The van der Waals surface area contributed by atoms with Crippen LogP contribution in [-0.2, 0) is 0 Å². The predicted octanol–water partition coefficient (Wildman–Crippen LogP) is 4.42. The summed E-state index contributed by atoms with van der Waals surface area (Å²) < 4.78 is 36.9. The molecule has 1 aromatic carbocycles. The Morgan fingerprint density at radius 3 is 2.60 bits per heavy atom. The van der Waals surface area contributed by atoms with Crippen LogP contribution in [0.2, 0.25) is 0 Å². The lowest BCUT2D eigenvalue weighted by Crippen LogP contribution is -2.22. The SMILES string of the molecule is CC(C)[C@H]1C[C@@H]1c1ccc(C=N)c(NCC(F)(F)F)c1. The fourth-order valence-electron chi connectivity index (χ4n) is 2.61. The first-order chi connectivity index (χ1) is 9.31. The summed E-state index contributed by atoms with van der Waals surface area (Å²) in [5.41, 5.74) is 1.95. The minimum Gasteiger partial charge on any atom is -0.376 e. The van der Waals surface area contributed by atoms with E-state index in [1.807, 2.05) is 6.07 Å². The van der Waals surface area contributed by atoms with E-state index in [1.165, 1.54) is 0 Å². The maximum Gasteiger partial charge on any atom is 0.405 e. The molecule has 2 atom stereocenters. The average molecular weight is 284 g/mol. The highest BCUT2D eigenvalue weighted by atomic mass is 19.4. The molecule has 20 heavy (non-hydrogen) atoms. The number of hydrogen-bond acceptors (Lipinski definition) is 2. The Balaban J connectivity index is 2.15. The molecule has 0 heterocycles. The molecule has 2 rings (SSSR count). The number of hydrogen-bond donors (Lipinski definition) is 2. The summed E-state index contributed by atoms with van der Waals surface area (Å²) in [7, 11) is 0. The Labute approximate surface area is 116 Å². The number of anilines is 1. The van der Waals surface area contributed by atoms with E-state index in [4.69, 9.17) is 5.41 Å². The van der Waals surface area contributed by atoms with Crippen molar-refractivity contribution in [3.05, 3.63) is 29.3 Å². The topological polar surface area (TPSA) is 35.9 Å². The van der Waals surface area contributed by atoms with Crippen molar-refractivity contribution in [3.63, 3.8) is 0 Å². The molecule has 0 aromatic heterocycles. The molecule has 0 amide bonds. The van der Waals surface area contributed by atoms with Crippen molar-refractivity contribution in [2.24, 2.45) is 11.8 Å². The molecule has 0 radical (unpaired) electrons. The third-order valence-corrected chi connectivity index (χ3v) is 3.84. The van der Waals surface area contributed by atoms with Crippen LogP contribution >= 0.6 is 0 Å². The molecule has 0 spiro atoms. The van der Waals surface area contributed by atoms with Crippen LogP contribution in [0.3, 0.4) is 0 Å². The largest absolute Gasteiger partial charge is 0.405 e. The summed E-state index contributed by atoms with van der Waals surface area (Å²) in [5.74, 6) is 1.66. The van der Waals surface area contributed by atoms with Gasteiger partial charge in [0.15, 0.2) is 0 Å². The molecule has 0 aliphatic heterocycles. The summed E-state index contributed by atoms with van der Waals surface area (Å²) >= 11 is 0. The lowest BCUT2D eigenvalue weighted by atomic mass is 10.0. The van der Waals surface area contributed by atoms with Gasteiger partial charge in [0.25, 0.3) is 0 Å². The van der Waals surface area contributed by atoms with E-state index in [-0.39, 0.29) is 0 Å². The molecule has 1 fully saturated rings. The van der Waals surface area contributed by atoms with Crippen LogP contribution in [0, 0.1) is 17.2 Å². The van der Waals surface area contributed by atoms with Crippen molar-refractivity contribution in [1.29, 1.82) is 5.41 Å². The minimum absolute atomic E-state index is 0.393. The van der Waals surface area contributed by atoms with Gasteiger partial charge in [-0.3, -0.25) is 0 Å². The third kappa shape index (κ3) is 3.52. The maximum absolute atomic E-state index is 12.3. The van der Waals surface area contributed by atoms with E-state index in [0.29, 0.717) is 29.0 Å². The molecule has 1 aliphatic carbocycles. The van der Waals surface area contributed by atoms with Gasteiger partial charge in [-0.1, -0.05) is 26.0 Å². The van der Waals surface area contributed by atoms with Gasteiger partial charge in [-0.2, -0.15) is 13.2 Å². The molecule has 110 valence electrons. The van der Waals surface area contributed by atoms with Gasteiger partial charge in [-0.05, 0) is 35.8 Å². The van der Waals surface area contributed by atoms with Crippen LogP contribution in [0.25, 0.3) is 0 Å². The molecule has 1 aliphatic rings. The molecule has 0 bridgehead atoms. The highest BCUT2D eigenvalue weighted by molar-refractivity contribution is 5.86. The molecular weight excluding hydrogens is 265 g/mol. The quantitative estimate of drug-likeness (QED) is 0.771. The van der Waals surface area contributed by atoms with Gasteiger partial charge in [0, 0.05) is 17.5 Å². The first-order valence-corrected chi connectivity index (χ1v) is 6.77. The summed E-state index contributed by atoms with van der Waals surface area (Å²) in [4.78, 5) is 0. The standard InChI is InChI=1S/C15H19F3N2/c1-9(2)12-6-13(12)10-3-4-11(7-19)14(5-10)20-8-15(16,17)18/h3-5,7,9,12-13,19-20H,6,8H2,1-2H3/t12-,13-/m1/s1. The summed E-state index contributed by atoms with van der Waals surface area (Å²) in [6, 6.07) is 5.40. The maximum atomic E-state index is 12.3. The van der Waals surface area contributed by atoms with Crippen LogP contribution in [-0.4, -0.2) is 18.9 Å². The van der Waals surface area contributed by atoms with Gasteiger partial charge in [0.2, 0.25) is 0 Å². The van der Waals surface area contributed by atoms with Crippen LogP contribution in [0.15, 0.2) is 18.2 Å². The molecular formula is C15H19F3N2. The van der Waals surface area contributed by atoms with Gasteiger partial charge in [0.05, 0.1) is 0 Å². The zero-order chi connectivity index (χ0) is 14.9. The van der Waals surface area contributed by atoms with Crippen molar-refractivity contribution in [2.75, 3.05) is 11.9 Å². The molecule has 5 heteroatoms. The number of rotatable bonds is 5. The molecule has 1 aromatic rings. The summed E-state index contributed by atoms with van der Waals surface area (Å²) in [5, 5.41) is 9.67. The summed E-state index contributed by atoms with van der Waals surface area (Å²) in [6.45, 7) is 3.26. The Morgan fingerprint density at radius 2 is 2.10 bits per heavy atom. The third-order valence-electron chi connectivity index (χ3n) is 3.84. The van der Waals surface area contributed by atoms with E-state index < -0.39 is 12.7 Å². The summed E-state index contributed by atoms with van der Waals surface area (Å²) in [6.07, 6.45) is -2.08. The Bertz CT molecular complexity index is 494. The first kappa shape index (κ1) is 14.9. The first-order valence-electron chi connectivity index (χ1n) is 6.77. The van der Waals surface area contributed by atoms with Crippen molar-refractivity contribution < 1.29 is 13.2 Å². The van der Waals surface area contributed by atoms with Gasteiger partial charge < -0.3 is 10.7 Å². The second-order valence-corrected chi connectivity index (χ2v) is 5.71. The van der Waals surface area contributed by atoms with Crippen molar-refractivity contribution >= 4 is 11.9 Å². The Kier molecular flexibility index (Phi) is 4.06. The van der Waals surface area contributed by atoms with Gasteiger partial charge in [-0.25, -0.2) is 0 Å². The lowest BCUT2D eigenvalue weighted by molar-refractivity contribution is -0.115. The number of halogens is 3. The van der Waals surface area contributed by atoms with E-state index in [9.17, 15) is 13.2 Å². The van der Waals surface area contributed by atoms with Crippen LogP contribution in [0.1, 0.15) is 37.3 Å². The van der Waals surface area contributed by atoms with E-state index in [2.05, 4.69) is 19.2 Å². The fraction of sp³-hybridized carbons (Fsp3) is 0.533. The number of benzene rings is 1. The second-order valence-electron chi connectivity index (χ2n) is 5.71. The molecule has 1 saturated carbocycles. The van der Waals surface area contributed by atoms with E-state index in [1.54, 1.807) is 12.1 Å². The van der Waals surface area contributed by atoms with Crippen molar-refractivity contribution in [3.8, 4) is 0 Å². The van der Waals surface area contributed by atoms with Crippen LogP contribution in [0.4, 0.5) is 18.9 Å². The van der Waals surface area contributed by atoms with E-state index in [0.717, 1.165) is 18.2 Å². The monoisotopic (exact) mass is 284 g/mol. The highest BCUT2D eigenvalue weighted by Gasteiger charge is 2.40. The average Bonchev–Trinajstić information content (AvgIpc) is 3.15. The zero-order valence-corrected chi connectivity index (χ0v) is 11.6. The second kappa shape index (κ2) is 5.46. The minimum atomic E-state index is -4.25. The van der Waals surface area contributed by atoms with Gasteiger partial charge in [0.1, 0.15) is 6.54 Å². The highest BCUT2D eigenvalue weighted by Crippen LogP contribution is 2.52. The van der Waals surface area contributed by atoms with Crippen LogP contribution < -0.4 is 5.32 Å². The van der Waals surface area contributed by atoms with Crippen molar-refractivity contribution in [1.82, 2.24) is 0 Å². The normalized spacial score (nSPS) is 21.9. The molecule has 0 saturated heterocycles. The number of nitrogens with one attached hydrogen (secondary N) is 2. The van der Waals surface area contributed by atoms with Crippen LogP contribution in [0.5, 0.6) is 0 Å².